The number of ether oxygens (including phenoxy) is 2. The first kappa shape index (κ1) is 17.9. The second kappa shape index (κ2) is 9.02. The van der Waals surface area contributed by atoms with Crippen LogP contribution < -0.4 is 10.1 Å². The highest BCUT2D eigenvalue weighted by Gasteiger charge is 2.10. The van der Waals surface area contributed by atoms with Crippen molar-refractivity contribution in [3.63, 3.8) is 0 Å². The summed E-state index contributed by atoms with van der Waals surface area (Å²) in [4.78, 5) is 27.6. The molecule has 0 spiro atoms. The maximum Gasteiger partial charge on any atom is 0.338 e. The molecule has 0 aliphatic carbocycles. The fraction of sp³-hybridized carbons (Fsp3) is 0.353. The van der Waals surface area contributed by atoms with Crippen molar-refractivity contribution in [2.24, 2.45) is 0 Å². The molecule has 0 aliphatic heterocycles. The van der Waals surface area contributed by atoms with Crippen LogP contribution in [0.2, 0.25) is 0 Å². The van der Waals surface area contributed by atoms with Crippen LogP contribution in [0.5, 0.6) is 5.75 Å². The lowest BCUT2D eigenvalue weighted by atomic mass is 10.2. The van der Waals surface area contributed by atoms with Gasteiger partial charge in [-0.1, -0.05) is 6.92 Å². The number of amides is 1. The second-order valence-corrected chi connectivity index (χ2v) is 6.16. The molecule has 0 bridgehead atoms. The van der Waals surface area contributed by atoms with Crippen LogP contribution in [0.4, 0.5) is 0 Å². The molecule has 2 rings (SSSR count). The fourth-order valence-corrected chi connectivity index (χ4v) is 2.45. The number of esters is 1. The first-order chi connectivity index (χ1) is 11.6. The van der Waals surface area contributed by atoms with Crippen molar-refractivity contribution in [3.8, 4) is 5.75 Å². The molecule has 1 N–H and O–H groups in total. The quantitative estimate of drug-likeness (QED) is 0.742. The lowest BCUT2D eigenvalue weighted by Gasteiger charge is -2.07. The largest absolute Gasteiger partial charge is 0.487 e. The topological polar surface area (TPSA) is 77.5 Å². The summed E-state index contributed by atoms with van der Waals surface area (Å²) in [7, 11) is 0. The van der Waals surface area contributed by atoms with E-state index in [-0.39, 0.29) is 12.5 Å². The van der Waals surface area contributed by atoms with Gasteiger partial charge in [0.2, 0.25) is 0 Å². The molecule has 0 saturated heterocycles. The fourth-order valence-electron chi connectivity index (χ4n) is 1.85. The first-order valence-electron chi connectivity index (χ1n) is 7.66. The van der Waals surface area contributed by atoms with Crippen LogP contribution in [0.25, 0.3) is 0 Å². The number of carbonyl (C=O) groups excluding carboxylic acids is 2. The Morgan fingerprint density at radius 3 is 2.62 bits per heavy atom. The number of nitrogens with zero attached hydrogens (tertiary/aromatic N) is 1. The van der Waals surface area contributed by atoms with Crippen molar-refractivity contribution < 1.29 is 19.1 Å². The summed E-state index contributed by atoms with van der Waals surface area (Å²) in [6.07, 6.45) is 0.835. The molecule has 24 heavy (non-hydrogen) atoms. The molecule has 2 aromatic rings. The molecule has 6 nitrogen and oxygen atoms in total. The lowest BCUT2D eigenvalue weighted by molar-refractivity contribution is -0.124. The van der Waals surface area contributed by atoms with Gasteiger partial charge in [-0.15, -0.1) is 11.3 Å². The monoisotopic (exact) mass is 348 g/mol. The normalized spacial score (nSPS) is 10.2. The van der Waals surface area contributed by atoms with Gasteiger partial charge in [0.15, 0.2) is 6.61 Å². The number of nitrogens with one attached hydrogen (secondary N) is 1. The van der Waals surface area contributed by atoms with E-state index in [9.17, 15) is 9.59 Å². The Morgan fingerprint density at radius 1 is 1.25 bits per heavy atom. The molecular weight excluding hydrogens is 328 g/mol. The molecule has 0 aliphatic rings. The van der Waals surface area contributed by atoms with Gasteiger partial charge in [-0.2, -0.15) is 0 Å². The standard InChI is InChI=1S/C17H20N2O4S/c1-3-8-18-16(20)10-23-17(21)13-4-6-15(7-5-13)22-9-14-11-24-12(2)19-14/h4-7,11H,3,8-10H2,1-2H3,(H,18,20). The zero-order valence-electron chi connectivity index (χ0n) is 13.7. The van der Waals surface area contributed by atoms with Gasteiger partial charge in [0.25, 0.3) is 5.91 Å². The third kappa shape index (κ3) is 5.66. The third-order valence-electron chi connectivity index (χ3n) is 3.05. The third-order valence-corrected chi connectivity index (χ3v) is 3.87. The van der Waals surface area contributed by atoms with Gasteiger partial charge >= 0.3 is 5.97 Å². The Kier molecular flexibility index (Phi) is 6.74. The number of aryl methyl sites for hydroxylation is 1. The minimum Gasteiger partial charge on any atom is -0.487 e. The summed E-state index contributed by atoms with van der Waals surface area (Å²) in [6.45, 7) is 4.57. The van der Waals surface area contributed by atoms with Gasteiger partial charge in [-0.3, -0.25) is 4.79 Å². The molecule has 7 heteroatoms. The van der Waals surface area contributed by atoms with E-state index in [0.717, 1.165) is 17.1 Å². The highest BCUT2D eigenvalue weighted by Crippen LogP contribution is 2.16. The van der Waals surface area contributed by atoms with Crippen molar-refractivity contribution in [1.29, 1.82) is 0 Å². The van der Waals surface area contributed by atoms with Gasteiger partial charge in [0.1, 0.15) is 12.4 Å². The van der Waals surface area contributed by atoms with Gasteiger partial charge in [0.05, 0.1) is 16.3 Å². The summed E-state index contributed by atoms with van der Waals surface area (Å²) < 4.78 is 10.6. The Bertz CT molecular complexity index is 682. The van der Waals surface area contributed by atoms with Gasteiger partial charge in [-0.05, 0) is 37.6 Å². The number of hydrogen-bond donors (Lipinski definition) is 1. The highest BCUT2D eigenvalue weighted by molar-refractivity contribution is 7.09. The van der Waals surface area contributed by atoms with Crippen molar-refractivity contribution in [2.75, 3.05) is 13.2 Å². The van der Waals surface area contributed by atoms with Crippen LogP contribution in [0, 0.1) is 6.92 Å². The molecule has 1 aromatic heterocycles. The van der Waals surface area contributed by atoms with Crippen molar-refractivity contribution in [2.45, 2.75) is 26.9 Å². The molecule has 0 atom stereocenters. The number of carbonyl (C=O) groups is 2. The van der Waals surface area contributed by atoms with Crippen LogP contribution in [-0.2, 0) is 16.1 Å². The zero-order chi connectivity index (χ0) is 17.4. The van der Waals surface area contributed by atoms with E-state index in [1.54, 1.807) is 35.6 Å². The molecule has 1 heterocycles. The van der Waals surface area contributed by atoms with Crippen molar-refractivity contribution >= 4 is 23.2 Å². The van der Waals surface area contributed by atoms with Crippen molar-refractivity contribution in [3.05, 3.63) is 45.9 Å². The van der Waals surface area contributed by atoms with Crippen LogP contribution in [0.15, 0.2) is 29.6 Å². The maximum atomic E-state index is 11.9. The van der Waals surface area contributed by atoms with E-state index >= 15 is 0 Å². The van der Waals surface area contributed by atoms with Gasteiger partial charge in [-0.25, -0.2) is 9.78 Å². The molecule has 1 aromatic carbocycles. The van der Waals surface area contributed by atoms with E-state index in [0.29, 0.717) is 24.5 Å². The number of rotatable bonds is 8. The molecule has 0 saturated carbocycles. The summed E-state index contributed by atoms with van der Waals surface area (Å²) in [5, 5.41) is 5.59. The van der Waals surface area contributed by atoms with E-state index < -0.39 is 5.97 Å². The molecule has 0 unspecified atom stereocenters. The van der Waals surface area contributed by atoms with Crippen LogP contribution >= 0.6 is 11.3 Å². The average Bonchev–Trinajstić information content (AvgIpc) is 3.01. The summed E-state index contributed by atoms with van der Waals surface area (Å²) in [5.41, 5.74) is 1.24. The van der Waals surface area contributed by atoms with Gasteiger partial charge < -0.3 is 14.8 Å². The zero-order valence-corrected chi connectivity index (χ0v) is 14.5. The molecule has 0 radical (unpaired) electrons. The molecular formula is C17H20N2O4S. The number of benzene rings is 1. The van der Waals surface area contributed by atoms with Crippen LogP contribution in [0.3, 0.4) is 0 Å². The highest BCUT2D eigenvalue weighted by atomic mass is 32.1. The molecule has 1 amide bonds. The number of aromatic nitrogens is 1. The summed E-state index contributed by atoms with van der Waals surface area (Å²) in [5.74, 6) is -0.204. The second-order valence-electron chi connectivity index (χ2n) is 5.10. The smallest absolute Gasteiger partial charge is 0.338 e. The Balaban J connectivity index is 1.80. The Labute approximate surface area is 144 Å². The van der Waals surface area contributed by atoms with Crippen molar-refractivity contribution in [1.82, 2.24) is 10.3 Å². The van der Waals surface area contributed by atoms with E-state index in [1.165, 1.54) is 0 Å². The minimum atomic E-state index is -0.539. The Morgan fingerprint density at radius 2 is 2.00 bits per heavy atom. The molecule has 0 fully saturated rings. The van der Waals surface area contributed by atoms with E-state index in [1.807, 2.05) is 19.2 Å². The van der Waals surface area contributed by atoms with Gasteiger partial charge in [0, 0.05) is 11.9 Å². The summed E-state index contributed by atoms with van der Waals surface area (Å²) in [6, 6.07) is 6.59. The maximum absolute atomic E-state index is 11.9. The average molecular weight is 348 g/mol. The predicted molar refractivity (Wildman–Crippen MR) is 91.2 cm³/mol. The van der Waals surface area contributed by atoms with Crippen LogP contribution in [0.1, 0.15) is 34.4 Å². The Hall–Kier alpha value is -2.41. The van der Waals surface area contributed by atoms with E-state index in [2.05, 4.69) is 10.3 Å². The van der Waals surface area contributed by atoms with Crippen LogP contribution in [-0.4, -0.2) is 30.0 Å². The first-order valence-corrected chi connectivity index (χ1v) is 8.54. The number of thiazole rings is 1. The summed E-state index contributed by atoms with van der Waals surface area (Å²) >= 11 is 1.57. The van der Waals surface area contributed by atoms with E-state index in [4.69, 9.17) is 9.47 Å². The number of hydrogen-bond acceptors (Lipinski definition) is 6. The molecule has 128 valence electrons. The SMILES string of the molecule is CCCNC(=O)COC(=O)c1ccc(OCc2csc(C)n2)cc1. The minimum absolute atomic E-state index is 0.278. The lowest BCUT2D eigenvalue weighted by Crippen LogP contribution is -2.29. The predicted octanol–water partition coefficient (Wildman–Crippen LogP) is 2.71.